The summed E-state index contributed by atoms with van der Waals surface area (Å²) in [5, 5.41) is 12.1. The number of hydrogen-bond acceptors (Lipinski definition) is 5. The van der Waals surface area contributed by atoms with Gasteiger partial charge in [0.15, 0.2) is 11.5 Å². The van der Waals surface area contributed by atoms with E-state index in [1.807, 2.05) is 22.6 Å². The Balaban J connectivity index is 2.04. The molecule has 0 aliphatic carbocycles. The Kier molecular flexibility index (Phi) is 5.51. The van der Waals surface area contributed by atoms with E-state index in [0.29, 0.717) is 14.8 Å². The van der Waals surface area contributed by atoms with Crippen LogP contribution in [0.3, 0.4) is 0 Å². The number of rotatable bonds is 3. The summed E-state index contributed by atoms with van der Waals surface area (Å²) in [5.74, 6) is -1.36. The average molecular weight is 543 g/mol. The quantitative estimate of drug-likeness (QED) is 0.352. The summed E-state index contributed by atoms with van der Waals surface area (Å²) < 4.78 is 6.36. The minimum absolute atomic E-state index is 0.0358. The molecule has 138 valence electrons. The Morgan fingerprint density at radius 3 is 2.48 bits per heavy atom. The highest BCUT2D eigenvalue weighted by Gasteiger charge is 2.36. The van der Waals surface area contributed by atoms with Crippen molar-refractivity contribution in [2.45, 2.75) is 0 Å². The number of ether oxygens (including phenoxy) is 1. The van der Waals surface area contributed by atoms with Gasteiger partial charge in [0.1, 0.15) is 5.57 Å². The number of imide groups is 2. The van der Waals surface area contributed by atoms with Crippen molar-refractivity contribution < 1.29 is 24.2 Å². The predicted molar refractivity (Wildman–Crippen MR) is 111 cm³/mol. The smallest absolute Gasteiger partial charge is 0.335 e. The molecule has 1 saturated heterocycles. The molecule has 2 aromatic rings. The topological polar surface area (TPSA) is 95.9 Å². The number of aromatic hydroxyl groups is 1. The molecule has 4 amide bonds. The molecule has 2 aromatic carbocycles. The fraction of sp³-hybridized carbons (Fsp3) is 0.0556. The van der Waals surface area contributed by atoms with Crippen LogP contribution in [0.2, 0.25) is 0 Å². The molecule has 0 aromatic heterocycles. The zero-order chi connectivity index (χ0) is 19.7. The predicted octanol–water partition coefficient (Wildman–Crippen LogP) is 3.43. The molecule has 1 heterocycles. The molecular weight excluding hydrogens is 531 g/mol. The molecule has 0 bridgehead atoms. The molecule has 1 fully saturated rings. The molecule has 9 heteroatoms. The van der Waals surface area contributed by atoms with Crippen molar-refractivity contribution in [3.63, 3.8) is 0 Å². The van der Waals surface area contributed by atoms with E-state index in [-0.39, 0.29) is 17.1 Å². The number of carbonyl (C=O) groups excluding carboxylic acids is 3. The largest absolute Gasteiger partial charge is 0.504 e. The van der Waals surface area contributed by atoms with Gasteiger partial charge in [0, 0.05) is 4.47 Å². The summed E-state index contributed by atoms with van der Waals surface area (Å²) in [7, 11) is 1.40. The zero-order valence-corrected chi connectivity index (χ0v) is 17.6. The van der Waals surface area contributed by atoms with E-state index in [9.17, 15) is 19.5 Å². The van der Waals surface area contributed by atoms with Gasteiger partial charge >= 0.3 is 6.03 Å². The van der Waals surface area contributed by atoms with Gasteiger partial charge in [0.2, 0.25) is 0 Å². The number of carbonyl (C=O) groups is 3. The van der Waals surface area contributed by atoms with Crippen molar-refractivity contribution in [1.82, 2.24) is 5.32 Å². The molecule has 1 aliphatic rings. The van der Waals surface area contributed by atoms with Crippen LogP contribution in [-0.2, 0) is 9.59 Å². The van der Waals surface area contributed by atoms with E-state index in [2.05, 4.69) is 21.2 Å². The van der Waals surface area contributed by atoms with Crippen molar-refractivity contribution in [3.05, 3.63) is 55.6 Å². The van der Waals surface area contributed by atoms with Gasteiger partial charge in [-0.15, -0.1) is 0 Å². The van der Waals surface area contributed by atoms with Gasteiger partial charge in [-0.05, 0) is 70.6 Å². The molecule has 3 rings (SSSR count). The van der Waals surface area contributed by atoms with Gasteiger partial charge in [-0.25, -0.2) is 9.69 Å². The van der Waals surface area contributed by atoms with E-state index in [1.165, 1.54) is 19.3 Å². The number of urea groups is 1. The Hall–Kier alpha value is -2.40. The standard InChI is InChI=1S/C18H12BrIN2O5/c1-27-14-8-9(7-13(20)15(14)23)6-12-16(24)21-18(26)22(17(12)25)11-4-2-10(19)3-5-11/h2-8,23H,1H3,(H,21,24,26)/b12-6+. The lowest BCUT2D eigenvalue weighted by atomic mass is 10.1. The van der Waals surface area contributed by atoms with Gasteiger partial charge in [-0.3, -0.25) is 14.9 Å². The van der Waals surface area contributed by atoms with Crippen LogP contribution in [0.1, 0.15) is 5.56 Å². The number of phenols is 1. The third-order valence-corrected chi connectivity index (χ3v) is 5.12. The van der Waals surface area contributed by atoms with Crippen molar-refractivity contribution in [1.29, 1.82) is 0 Å². The fourth-order valence-corrected chi connectivity index (χ4v) is 3.37. The van der Waals surface area contributed by atoms with Crippen LogP contribution in [0.25, 0.3) is 6.08 Å². The number of methoxy groups -OCH3 is 1. The van der Waals surface area contributed by atoms with Gasteiger partial charge < -0.3 is 9.84 Å². The van der Waals surface area contributed by atoms with E-state index in [4.69, 9.17) is 4.74 Å². The van der Waals surface area contributed by atoms with Gasteiger partial charge in [0.25, 0.3) is 11.8 Å². The first kappa shape index (κ1) is 19.4. The van der Waals surface area contributed by atoms with E-state index in [0.717, 1.165) is 9.37 Å². The number of phenolic OH excluding ortho intramolecular Hbond substituents is 1. The Morgan fingerprint density at radius 2 is 1.85 bits per heavy atom. The van der Waals surface area contributed by atoms with Crippen LogP contribution in [0.15, 0.2) is 46.4 Å². The number of amides is 4. The Labute approximate surface area is 176 Å². The molecule has 0 saturated carbocycles. The normalized spacial score (nSPS) is 15.9. The summed E-state index contributed by atoms with van der Waals surface area (Å²) in [4.78, 5) is 38.1. The van der Waals surface area contributed by atoms with Gasteiger partial charge in [0.05, 0.1) is 16.4 Å². The minimum atomic E-state index is -0.817. The molecule has 0 atom stereocenters. The number of anilines is 1. The number of halogens is 2. The Bertz CT molecular complexity index is 988. The summed E-state index contributed by atoms with van der Waals surface area (Å²) in [6.45, 7) is 0. The first-order chi connectivity index (χ1) is 12.8. The highest BCUT2D eigenvalue weighted by Crippen LogP contribution is 2.33. The van der Waals surface area contributed by atoms with Crippen LogP contribution in [0, 0.1) is 3.57 Å². The second-order valence-electron chi connectivity index (χ2n) is 5.49. The SMILES string of the molecule is COc1cc(/C=C2\C(=O)NC(=O)N(c3ccc(Br)cc3)C2=O)cc(I)c1O. The number of nitrogens with one attached hydrogen (secondary N) is 1. The summed E-state index contributed by atoms with van der Waals surface area (Å²) in [5.41, 5.74) is 0.593. The summed E-state index contributed by atoms with van der Waals surface area (Å²) >= 11 is 5.20. The number of barbiturate groups is 1. The molecule has 2 N–H and O–H groups in total. The number of benzene rings is 2. The average Bonchev–Trinajstić information content (AvgIpc) is 2.62. The maximum atomic E-state index is 12.8. The molecule has 27 heavy (non-hydrogen) atoms. The summed E-state index contributed by atoms with van der Waals surface area (Å²) in [6.07, 6.45) is 1.35. The van der Waals surface area contributed by atoms with E-state index in [1.54, 1.807) is 30.3 Å². The third kappa shape index (κ3) is 3.83. The highest BCUT2D eigenvalue weighted by atomic mass is 127. The van der Waals surface area contributed by atoms with Crippen LogP contribution in [-0.4, -0.2) is 30.1 Å². The lowest BCUT2D eigenvalue weighted by Crippen LogP contribution is -2.54. The number of nitrogens with zero attached hydrogens (tertiary/aromatic N) is 1. The zero-order valence-electron chi connectivity index (χ0n) is 13.8. The van der Waals surface area contributed by atoms with Crippen molar-refractivity contribution in [2.75, 3.05) is 12.0 Å². The maximum Gasteiger partial charge on any atom is 0.335 e. The lowest BCUT2D eigenvalue weighted by Gasteiger charge is -2.26. The second-order valence-corrected chi connectivity index (χ2v) is 7.57. The Morgan fingerprint density at radius 1 is 1.19 bits per heavy atom. The maximum absolute atomic E-state index is 12.8. The van der Waals surface area contributed by atoms with Crippen molar-refractivity contribution >= 4 is 68.1 Å². The molecular formula is C18H12BrIN2O5. The second kappa shape index (κ2) is 7.69. The van der Waals surface area contributed by atoms with Crippen LogP contribution in [0.4, 0.5) is 10.5 Å². The van der Waals surface area contributed by atoms with Gasteiger partial charge in [-0.1, -0.05) is 15.9 Å². The fourth-order valence-electron chi connectivity index (χ4n) is 2.48. The van der Waals surface area contributed by atoms with E-state index < -0.39 is 17.8 Å². The minimum Gasteiger partial charge on any atom is -0.504 e. The van der Waals surface area contributed by atoms with Crippen molar-refractivity contribution in [2.24, 2.45) is 0 Å². The monoisotopic (exact) mass is 542 g/mol. The first-order valence-electron chi connectivity index (χ1n) is 7.55. The molecule has 1 aliphatic heterocycles. The molecule has 0 radical (unpaired) electrons. The number of hydrogen-bond donors (Lipinski definition) is 2. The van der Waals surface area contributed by atoms with Crippen LogP contribution in [0.5, 0.6) is 11.5 Å². The van der Waals surface area contributed by atoms with Gasteiger partial charge in [-0.2, -0.15) is 0 Å². The molecule has 0 spiro atoms. The van der Waals surface area contributed by atoms with E-state index >= 15 is 0 Å². The molecule has 0 unspecified atom stereocenters. The highest BCUT2D eigenvalue weighted by molar-refractivity contribution is 14.1. The van der Waals surface area contributed by atoms with Crippen molar-refractivity contribution in [3.8, 4) is 11.5 Å². The third-order valence-electron chi connectivity index (χ3n) is 3.77. The first-order valence-corrected chi connectivity index (χ1v) is 9.42. The lowest BCUT2D eigenvalue weighted by molar-refractivity contribution is -0.122. The van der Waals surface area contributed by atoms with Crippen LogP contribution < -0.4 is 15.0 Å². The summed E-state index contributed by atoms with van der Waals surface area (Å²) in [6, 6.07) is 8.80. The molecule has 7 nitrogen and oxygen atoms in total. The van der Waals surface area contributed by atoms with Crippen LogP contribution >= 0.6 is 38.5 Å².